The van der Waals surface area contributed by atoms with Crippen molar-refractivity contribution in [3.05, 3.63) is 51.7 Å². The lowest BCUT2D eigenvalue weighted by atomic mass is 9.97. The molecule has 0 radical (unpaired) electrons. The first kappa shape index (κ1) is 23.3. The molecule has 172 valence electrons. The molecule has 0 bridgehead atoms. The summed E-state index contributed by atoms with van der Waals surface area (Å²) in [5, 5.41) is 11.3. The number of esters is 1. The van der Waals surface area contributed by atoms with Crippen molar-refractivity contribution in [2.75, 3.05) is 33.8 Å². The van der Waals surface area contributed by atoms with E-state index in [9.17, 15) is 19.5 Å². The SMILES string of the molecule is CCOC(=O)c1[nH]c(C)c(C(O)=C2C(=O)C(=O)N(CCN(C)C)[C@H]2c2ccc(C)o2)c1C. The van der Waals surface area contributed by atoms with Gasteiger partial charge in [0.1, 0.15) is 29.0 Å². The molecule has 0 aliphatic carbocycles. The minimum atomic E-state index is -0.872. The molecular formula is C23H29N3O6. The molecule has 9 nitrogen and oxygen atoms in total. The van der Waals surface area contributed by atoms with Gasteiger partial charge in [0.15, 0.2) is 0 Å². The highest BCUT2D eigenvalue weighted by atomic mass is 16.5. The van der Waals surface area contributed by atoms with E-state index in [0.29, 0.717) is 34.9 Å². The Balaban J connectivity index is 2.17. The largest absolute Gasteiger partial charge is 0.507 e. The maximum absolute atomic E-state index is 13.1. The molecule has 1 atom stereocenters. The van der Waals surface area contributed by atoms with Crippen molar-refractivity contribution in [1.82, 2.24) is 14.8 Å². The van der Waals surface area contributed by atoms with Crippen LogP contribution < -0.4 is 0 Å². The smallest absolute Gasteiger partial charge is 0.355 e. The number of aromatic amines is 1. The molecule has 2 aromatic heterocycles. The average molecular weight is 444 g/mol. The van der Waals surface area contributed by atoms with E-state index >= 15 is 0 Å². The molecule has 3 heterocycles. The molecule has 1 aliphatic heterocycles. The highest BCUT2D eigenvalue weighted by molar-refractivity contribution is 6.46. The number of rotatable bonds is 7. The van der Waals surface area contributed by atoms with Gasteiger partial charge in [-0.25, -0.2) is 4.79 Å². The zero-order valence-corrected chi connectivity index (χ0v) is 19.2. The van der Waals surface area contributed by atoms with Gasteiger partial charge in [0.05, 0.1) is 12.2 Å². The maximum atomic E-state index is 13.1. The van der Waals surface area contributed by atoms with Crippen LogP contribution in [-0.2, 0) is 14.3 Å². The van der Waals surface area contributed by atoms with Crippen molar-refractivity contribution in [3.8, 4) is 0 Å². The zero-order chi connectivity index (χ0) is 23.7. The number of aliphatic hydroxyl groups excluding tert-OH is 1. The molecule has 2 aromatic rings. The van der Waals surface area contributed by atoms with E-state index in [4.69, 9.17) is 9.15 Å². The normalized spacial score (nSPS) is 18.1. The van der Waals surface area contributed by atoms with Crippen molar-refractivity contribution in [2.24, 2.45) is 0 Å². The number of ketones is 1. The summed E-state index contributed by atoms with van der Waals surface area (Å²) >= 11 is 0. The minimum Gasteiger partial charge on any atom is -0.507 e. The summed E-state index contributed by atoms with van der Waals surface area (Å²) in [5.74, 6) is -1.40. The molecule has 2 N–H and O–H groups in total. The van der Waals surface area contributed by atoms with Crippen LogP contribution in [0.15, 0.2) is 22.1 Å². The summed E-state index contributed by atoms with van der Waals surface area (Å²) in [6, 6.07) is 2.57. The fraction of sp³-hybridized carbons (Fsp3) is 0.435. The van der Waals surface area contributed by atoms with E-state index in [2.05, 4.69) is 4.98 Å². The number of Topliss-reactive ketones (excluding diaryl/α,β-unsaturated/α-hetero) is 1. The van der Waals surface area contributed by atoms with Gasteiger partial charge in [0.25, 0.3) is 11.7 Å². The number of nitrogens with one attached hydrogen (secondary N) is 1. The fourth-order valence-corrected chi connectivity index (χ4v) is 3.96. The predicted molar refractivity (Wildman–Crippen MR) is 117 cm³/mol. The Bertz CT molecular complexity index is 1090. The Hall–Kier alpha value is -3.33. The van der Waals surface area contributed by atoms with Crippen molar-refractivity contribution in [1.29, 1.82) is 0 Å². The lowest BCUT2D eigenvalue weighted by Crippen LogP contribution is -2.35. The average Bonchev–Trinajstić information content (AvgIpc) is 3.35. The van der Waals surface area contributed by atoms with Crippen molar-refractivity contribution in [3.63, 3.8) is 0 Å². The molecule has 3 rings (SSSR count). The summed E-state index contributed by atoms with van der Waals surface area (Å²) in [4.78, 5) is 44.5. The molecule has 32 heavy (non-hydrogen) atoms. The Morgan fingerprint density at radius 3 is 2.50 bits per heavy atom. The van der Waals surface area contributed by atoms with Crippen LogP contribution in [0.3, 0.4) is 0 Å². The number of hydrogen-bond donors (Lipinski definition) is 2. The molecule has 0 spiro atoms. The monoisotopic (exact) mass is 443 g/mol. The van der Waals surface area contributed by atoms with E-state index in [-0.39, 0.29) is 30.2 Å². The highest BCUT2D eigenvalue weighted by Gasteiger charge is 2.47. The molecule has 1 saturated heterocycles. The van der Waals surface area contributed by atoms with Crippen LogP contribution in [0.4, 0.5) is 0 Å². The summed E-state index contributed by atoms with van der Waals surface area (Å²) in [6.45, 7) is 7.80. The number of hydrogen-bond acceptors (Lipinski definition) is 7. The molecule has 0 saturated carbocycles. The number of likely N-dealkylation sites (N-methyl/N-ethyl adjacent to an activating group) is 1. The first-order chi connectivity index (χ1) is 15.1. The number of likely N-dealkylation sites (tertiary alicyclic amines) is 1. The van der Waals surface area contributed by atoms with Crippen molar-refractivity contribution in [2.45, 2.75) is 33.7 Å². The number of H-pyrrole nitrogens is 1. The van der Waals surface area contributed by atoms with Crippen molar-refractivity contribution < 1.29 is 28.6 Å². The first-order valence-electron chi connectivity index (χ1n) is 10.4. The number of nitrogens with zero attached hydrogens (tertiary/aromatic N) is 2. The van der Waals surface area contributed by atoms with Gasteiger partial charge in [-0.1, -0.05) is 0 Å². The molecule has 1 fully saturated rings. The van der Waals surface area contributed by atoms with Gasteiger partial charge in [0, 0.05) is 24.3 Å². The summed E-state index contributed by atoms with van der Waals surface area (Å²) < 4.78 is 10.8. The Labute approximate surface area is 186 Å². The number of furan rings is 1. The maximum Gasteiger partial charge on any atom is 0.355 e. The number of carbonyl (C=O) groups is 3. The number of aromatic nitrogens is 1. The predicted octanol–water partition coefficient (Wildman–Crippen LogP) is 2.69. The van der Waals surface area contributed by atoms with Gasteiger partial charge in [-0.3, -0.25) is 9.59 Å². The molecule has 1 amide bonds. The van der Waals surface area contributed by atoms with Gasteiger partial charge in [-0.2, -0.15) is 0 Å². The zero-order valence-electron chi connectivity index (χ0n) is 19.2. The van der Waals surface area contributed by atoms with E-state index in [1.165, 1.54) is 4.90 Å². The summed E-state index contributed by atoms with van der Waals surface area (Å²) in [5.41, 5.74) is 1.35. The summed E-state index contributed by atoms with van der Waals surface area (Å²) in [6.07, 6.45) is 0. The van der Waals surface area contributed by atoms with Crippen LogP contribution in [0.25, 0.3) is 5.76 Å². The van der Waals surface area contributed by atoms with Crippen LogP contribution in [-0.4, -0.2) is 71.3 Å². The Morgan fingerprint density at radius 2 is 1.94 bits per heavy atom. The topological polar surface area (TPSA) is 116 Å². The Morgan fingerprint density at radius 1 is 1.25 bits per heavy atom. The highest BCUT2D eigenvalue weighted by Crippen LogP contribution is 2.41. The van der Waals surface area contributed by atoms with Gasteiger partial charge in [-0.15, -0.1) is 0 Å². The van der Waals surface area contributed by atoms with Gasteiger partial charge in [-0.05, 0) is 59.5 Å². The van der Waals surface area contributed by atoms with E-state index in [1.54, 1.807) is 39.8 Å². The second-order valence-electron chi connectivity index (χ2n) is 8.09. The molecule has 0 unspecified atom stereocenters. The van der Waals surface area contributed by atoms with E-state index in [0.717, 1.165) is 0 Å². The number of carbonyl (C=O) groups excluding carboxylic acids is 3. The third kappa shape index (κ3) is 4.08. The minimum absolute atomic E-state index is 0.0660. The molecule has 0 aromatic carbocycles. The lowest BCUT2D eigenvalue weighted by molar-refractivity contribution is -0.140. The van der Waals surface area contributed by atoms with E-state index < -0.39 is 23.7 Å². The number of ether oxygens (including phenoxy) is 1. The molecule has 1 aliphatic rings. The first-order valence-corrected chi connectivity index (χ1v) is 10.4. The van der Waals surface area contributed by atoms with E-state index in [1.807, 2.05) is 19.0 Å². The van der Waals surface area contributed by atoms with Crippen LogP contribution in [0, 0.1) is 20.8 Å². The van der Waals surface area contributed by atoms with Crippen LogP contribution in [0.5, 0.6) is 0 Å². The van der Waals surface area contributed by atoms with Gasteiger partial charge < -0.3 is 29.0 Å². The third-order valence-corrected chi connectivity index (χ3v) is 5.51. The van der Waals surface area contributed by atoms with Crippen LogP contribution in [0.1, 0.15) is 51.8 Å². The van der Waals surface area contributed by atoms with Gasteiger partial charge >= 0.3 is 5.97 Å². The Kier molecular flexibility index (Phi) is 6.59. The number of aliphatic hydroxyl groups is 1. The second-order valence-corrected chi connectivity index (χ2v) is 8.09. The summed E-state index contributed by atoms with van der Waals surface area (Å²) in [7, 11) is 3.73. The number of amides is 1. The molecular weight excluding hydrogens is 414 g/mol. The van der Waals surface area contributed by atoms with Crippen molar-refractivity contribution >= 4 is 23.4 Å². The number of aryl methyl sites for hydroxylation is 2. The van der Waals surface area contributed by atoms with Crippen LogP contribution >= 0.6 is 0 Å². The lowest BCUT2D eigenvalue weighted by Gasteiger charge is -2.24. The third-order valence-electron chi connectivity index (χ3n) is 5.51. The quantitative estimate of drug-likeness (QED) is 0.292. The fourth-order valence-electron chi connectivity index (χ4n) is 3.96. The standard InChI is InChI=1S/C23H29N3O6/c1-7-31-23(30)18-13(3)16(14(4)24-18)20(27)17-19(15-9-8-12(2)32-15)26(11-10-25(5)6)22(29)21(17)28/h8-9,19,24,27H,7,10-11H2,1-6H3/t19-/m0/s1. The second kappa shape index (κ2) is 9.04. The van der Waals surface area contributed by atoms with Gasteiger partial charge in [0.2, 0.25) is 0 Å². The van der Waals surface area contributed by atoms with Crippen LogP contribution in [0.2, 0.25) is 0 Å². The molecule has 9 heteroatoms.